The molecule has 0 saturated heterocycles. The molecule has 0 bridgehead atoms. The fraction of sp³-hybridized carbons (Fsp3) is 0.333. The number of hydrogen-bond donors (Lipinski definition) is 0. The molecule has 0 N–H and O–H groups in total. The minimum absolute atomic E-state index is 0.0350. The van der Waals surface area contributed by atoms with Gasteiger partial charge in [0.25, 0.3) is 14.2 Å². The Morgan fingerprint density at radius 2 is 2.00 bits per heavy atom. The Morgan fingerprint density at radius 1 is 1.33 bits per heavy atom. The van der Waals surface area contributed by atoms with E-state index in [9.17, 15) is 12.8 Å². The van der Waals surface area contributed by atoms with Crippen LogP contribution in [-0.2, 0) is 9.05 Å². The van der Waals surface area contributed by atoms with Crippen LogP contribution >= 0.6 is 10.7 Å². The molecule has 2 rings (SSSR count). The van der Waals surface area contributed by atoms with Gasteiger partial charge in [0.2, 0.25) is 0 Å². The first-order valence-electron chi connectivity index (χ1n) is 5.99. The van der Waals surface area contributed by atoms with E-state index in [1.807, 2.05) is 0 Å². The molecule has 0 fully saturated rings. The molecule has 2 aromatic rings. The van der Waals surface area contributed by atoms with Crippen molar-refractivity contribution in [2.75, 3.05) is 7.11 Å². The molecule has 6 nitrogen and oxygen atoms in total. The first-order valence-corrected chi connectivity index (χ1v) is 8.30. The Bertz CT molecular complexity index is 774. The first kappa shape index (κ1) is 15.7. The number of nitrogens with zero attached hydrogens (tertiary/aromatic N) is 3. The van der Waals surface area contributed by atoms with E-state index in [1.165, 1.54) is 23.8 Å². The second-order valence-corrected chi connectivity index (χ2v) is 6.98. The Balaban J connectivity index is 2.81. The third kappa shape index (κ3) is 2.86. The average Bonchev–Trinajstić information content (AvgIpc) is 2.82. The normalized spacial score (nSPS) is 11.9. The number of aromatic nitrogens is 3. The zero-order chi connectivity index (χ0) is 15.8. The van der Waals surface area contributed by atoms with Gasteiger partial charge in [-0.05, 0) is 26.0 Å². The van der Waals surface area contributed by atoms with Gasteiger partial charge in [0.05, 0.1) is 12.7 Å². The van der Waals surface area contributed by atoms with Gasteiger partial charge in [0, 0.05) is 16.7 Å². The third-order valence-corrected chi connectivity index (χ3v) is 3.95. The molecule has 1 heterocycles. The monoisotopic (exact) mass is 333 g/mol. The second-order valence-electron chi connectivity index (χ2n) is 4.52. The van der Waals surface area contributed by atoms with Crippen molar-refractivity contribution in [3.8, 4) is 17.1 Å². The molecule has 0 radical (unpaired) electrons. The Hall–Kier alpha value is -1.67. The lowest BCUT2D eigenvalue weighted by atomic mass is 10.1. The van der Waals surface area contributed by atoms with Gasteiger partial charge in [0.1, 0.15) is 11.6 Å². The van der Waals surface area contributed by atoms with Crippen LogP contribution in [0.1, 0.15) is 19.9 Å². The standard InChI is InChI=1S/C12H13ClFN3O3S/c1-7(2)17-11(15-16-12(17)21(13,18)19)10-8(14)5-4-6-9(10)20-3/h4-7H,1-3H3. The maximum atomic E-state index is 14.1. The first-order chi connectivity index (χ1) is 9.77. The maximum Gasteiger partial charge on any atom is 0.296 e. The molecule has 0 aliphatic rings. The van der Waals surface area contributed by atoms with Crippen LogP contribution in [0.15, 0.2) is 23.4 Å². The highest BCUT2D eigenvalue weighted by Crippen LogP contribution is 2.34. The molecule has 0 saturated carbocycles. The average molecular weight is 334 g/mol. The van der Waals surface area contributed by atoms with Crippen molar-refractivity contribution in [1.29, 1.82) is 0 Å². The minimum atomic E-state index is -4.10. The summed E-state index contributed by atoms with van der Waals surface area (Å²) < 4.78 is 43.6. The van der Waals surface area contributed by atoms with Gasteiger partial charge in [0.15, 0.2) is 5.82 Å². The summed E-state index contributed by atoms with van der Waals surface area (Å²) in [5.41, 5.74) is 0.0350. The molecule has 114 valence electrons. The van der Waals surface area contributed by atoms with Crippen molar-refractivity contribution in [3.63, 3.8) is 0 Å². The van der Waals surface area contributed by atoms with Crippen LogP contribution in [0.25, 0.3) is 11.4 Å². The quantitative estimate of drug-likeness (QED) is 0.804. The number of hydrogen-bond acceptors (Lipinski definition) is 5. The topological polar surface area (TPSA) is 74.1 Å². The summed E-state index contributed by atoms with van der Waals surface area (Å²) in [7, 11) is 2.63. The van der Waals surface area contributed by atoms with Crippen LogP contribution in [0, 0.1) is 5.82 Å². The summed E-state index contributed by atoms with van der Waals surface area (Å²) in [4.78, 5) is 0. The van der Waals surface area contributed by atoms with Crippen LogP contribution in [0.5, 0.6) is 5.75 Å². The molecule has 9 heteroatoms. The van der Waals surface area contributed by atoms with Crippen molar-refractivity contribution in [2.45, 2.75) is 25.0 Å². The Morgan fingerprint density at radius 3 is 2.52 bits per heavy atom. The predicted octanol–water partition coefficient (Wildman–Crippen LogP) is 2.60. The minimum Gasteiger partial charge on any atom is -0.496 e. The Labute approximate surface area is 125 Å². The SMILES string of the molecule is COc1cccc(F)c1-c1nnc(S(=O)(=O)Cl)n1C(C)C. The van der Waals surface area contributed by atoms with Gasteiger partial charge < -0.3 is 4.74 Å². The van der Waals surface area contributed by atoms with E-state index in [0.717, 1.165) is 0 Å². The number of ether oxygens (including phenoxy) is 1. The van der Waals surface area contributed by atoms with Gasteiger partial charge in [-0.3, -0.25) is 4.57 Å². The molecule has 1 aromatic heterocycles. The number of rotatable bonds is 4. The summed E-state index contributed by atoms with van der Waals surface area (Å²) in [6, 6.07) is 3.91. The van der Waals surface area contributed by atoms with Gasteiger partial charge in [-0.1, -0.05) is 6.07 Å². The molecule has 0 aliphatic carbocycles. The van der Waals surface area contributed by atoms with Crippen LogP contribution < -0.4 is 4.74 Å². The molecular weight excluding hydrogens is 321 g/mol. The zero-order valence-electron chi connectivity index (χ0n) is 11.5. The molecule has 0 aliphatic heterocycles. The van der Waals surface area contributed by atoms with Crippen molar-refractivity contribution < 1.29 is 17.5 Å². The predicted molar refractivity (Wildman–Crippen MR) is 75.4 cm³/mol. The van der Waals surface area contributed by atoms with Crippen LogP contribution in [0.3, 0.4) is 0 Å². The molecule has 0 spiro atoms. The van der Waals surface area contributed by atoms with Crippen molar-refractivity contribution in [2.24, 2.45) is 0 Å². The summed E-state index contributed by atoms with van der Waals surface area (Å²) in [6.45, 7) is 3.43. The largest absolute Gasteiger partial charge is 0.496 e. The van der Waals surface area contributed by atoms with E-state index in [1.54, 1.807) is 19.9 Å². The summed E-state index contributed by atoms with van der Waals surface area (Å²) in [5, 5.41) is 6.91. The lowest BCUT2D eigenvalue weighted by Gasteiger charge is -2.14. The fourth-order valence-electron chi connectivity index (χ4n) is 1.97. The van der Waals surface area contributed by atoms with Gasteiger partial charge in [-0.2, -0.15) is 0 Å². The summed E-state index contributed by atoms with van der Waals surface area (Å²) >= 11 is 0. The highest BCUT2D eigenvalue weighted by atomic mass is 35.7. The molecule has 0 unspecified atom stereocenters. The van der Waals surface area contributed by atoms with Crippen molar-refractivity contribution in [3.05, 3.63) is 24.0 Å². The van der Waals surface area contributed by atoms with E-state index in [0.29, 0.717) is 0 Å². The smallest absolute Gasteiger partial charge is 0.296 e. The molecule has 1 aromatic carbocycles. The zero-order valence-corrected chi connectivity index (χ0v) is 13.1. The lowest BCUT2D eigenvalue weighted by molar-refractivity contribution is 0.412. The molecule has 0 amide bonds. The van der Waals surface area contributed by atoms with Gasteiger partial charge in [-0.25, -0.2) is 12.8 Å². The summed E-state index contributed by atoms with van der Waals surface area (Å²) in [5.74, 6) is -0.329. The Kier molecular flexibility index (Phi) is 4.20. The van der Waals surface area contributed by atoms with Gasteiger partial charge >= 0.3 is 0 Å². The second kappa shape index (κ2) is 5.61. The fourth-order valence-corrected chi connectivity index (χ4v) is 2.96. The molecular formula is C12H13ClFN3O3S. The molecule has 21 heavy (non-hydrogen) atoms. The van der Waals surface area contributed by atoms with Crippen LogP contribution in [-0.4, -0.2) is 30.3 Å². The lowest BCUT2D eigenvalue weighted by Crippen LogP contribution is -2.11. The number of methoxy groups -OCH3 is 1. The van der Waals surface area contributed by atoms with Crippen LogP contribution in [0.4, 0.5) is 4.39 Å². The van der Waals surface area contributed by atoms with E-state index < -0.39 is 20.0 Å². The third-order valence-electron chi connectivity index (χ3n) is 2.82. The highest BCUT2D eigenvalue weighted by Gasteiger charge is 2.27. The molecule has 0 atom stereocenters. The maximum absolute atomic E-state index is 14.1. The van der Waals surface area contributed by atoms with Crippen molar-refractivity contribution >= 4 is 19.7 Å². The van der Waals surface area contributed by atoms with Gasteiger partial charge in [-0.15, -0.1) is 10.2 Å². The van der Waals surface area contributed by atoms with E-state index in [-0.39, 0.29) is 23.2 Å². The summed E-state index contributed by atoms with van der Waals surface area (Å²) in [6.07, 6.45) is 0. The highest BCUT2D eigenvalue weighted by molar-refractivity contribution is 8.13. The number of benzene rings is 1. The van der Waals surface area contributed by atoms with E-state index >= 15 is 0 Å². The van der Waals surface area contributed by atoms with Crippen LogP contribution in [0.2, 0.25) is 0 Å². The number of halogens is 2. The van der Waals surface area contributed by atoms with Crippen molar-refractivity contribution in [1.82, 2.24) is 14.8 Å². The van der Waals surface area contributed by atoms with E-state index in [4.69, 9.17) is 15.4 Å². The van der Waals surface area contributed by atoms with E-state index in [2.05, 4.69) is 10.2 Å².